The van der Waals surface area contributed by atoms with Crippen LogP contribution < -0.4 is 0 Å². The van der Waals surface area contributed by atoms with Crippen LogP contribution in [-0.4, -0.2) is 41.4 Å². The lowest BCUT2D eigenvalue weighted by molar-refractivity contribution is -0.137. The van der Waals surface area contributed by atoms with Crippen LogP contribution in [0.1, 0.15) is 18.9 Å². The van der Waals surface area contributed by atoms with Crippen LogP contribution in [0.4, 0.5) is 4.39 Å². The van der Waals surface area contributed by atoms with E-state index in [1.165, 1.54) is 19.1 Å². The molecule has 0 saturated carbocycles. The molecule has 1 aromatic carbocycles. The van der Waals surface area contributed by atoms with E-state index >= 15 is 0 Å². The van der Waals surface area contributed by atoms with Gasteiger partial charge in [-0.15, -0.1) is 0 Å². The van der Waals surface area contributed by atoms with Crippen molar-refractivity contribution < 1.29 is 19.1 Å². The number of hydrogen-bond acceptors (Lipinski definition) is 3. The van der Waals surface area contributed by atoms with Crippen LogP contribution in [-0.2, 0) is 16.0 Å². The standard InChI is InChI=1S/C14H18FNO3/c1-11(17)10-16(9-7-14(18)19)8-6-12-2-4-13(15)5-3-12/h2-5H,6-10H2,1H3,(H,18,19). The van der Waals surface area contributed by atoms with Gasteiger partial charge in [-0.1, -0.05) is 12.1 Å². The van der Waals surface area contributed by atoms with Crippen molar-refractivity contribution in [2.75, 3.05) is 19.6 Å². The number of rotatable bonds is 8. The lowest BCUT2D eigenvalue weighted by Gasteiger charge is -2.19. The third-order valence-corrected chi connectivity index (χ3v) is 2.72. The van der Waals surface area contributed by atoms with Crippen LogP contribution in [0.2, 0.25) is 0 Å². The molecule has 0 unspecified atom stereocenters. The Hall–Kier alpha value is -1.75. The lowest BCUT2D eigenvalue weighted by atomic mass is 10.1. The van der Waals surface area contributed by atoms with E-state index in [1.807, 2.05) is 0 Å². The highest BCUT2D eigenvalue weighted by Crippen LogP contribution is 2.05. The van der Waals surface area contributed by atoms with Gasteiger partial charge < -0.3 is 5.11 Å². The first kappa shape index (κ1) is 15.3. The van der Waals surface area contributed by atoms with Crippen molar-refractivity contribution in [1.82, 2.24) is 4.90 Å². The zero-order valence-electron chi connectivity index (χ0n) is 10.9. The van der Waals surface area contributed by atoms with E-state index < -0.39 is 5.97 Å². The van der Waals surface area contributed by atoms with Gasteiger partial charge in [0.25, 0.3) is 0 Å². The minimum atomic E-state index is -0.879. The molecule has 104 valence electrons. The van der Waals surface area contributed by atoms with E-state index in [9.17, 15) is 14.0 Å². The Balaban J connectivity index is 2.49. The first-order valence-electron chi connectivity index (χ1n) is 6.15. The third kappa shape index (κ3) is 6.67. The van der Waals surface area contributed by atoms with Crippen LogP contribution in [0.5, 0.6) is 0 Å². The SMILES string of the molecule is CC(=O)CN(CCC(=O)O)CCc1ccc(F)cc1. The molecule has 5 heteroatoms. The molecule has 0 spiro atoms. The Morgan fingerprint density at radius 2 is 1.84 bits per heavy atom. The van der Waals surface area contributed by atoms with Gasteiger partial charge in [0.2, 0.25) is 0 Å². The van der Waals surface area contributed by atoms with Crippen molar-refractivity contribution in [3.63, 3.8) is 0 Å². The van der Waals surface area contributed by atoms with Gasteiger partial charge in [-0.25, -0.2) is 4.39 Å². The fourth-order valence-corrected chi connectivity index (χ4v) is 1.78. The number of carboxylic acid groups (broad SMARTS) is 1. The van der Waals surface area contributed by atoms with Crippen molar-refractivity contribution in [3.8, 4) is 0 Å². The Morgan fingerprint density at radius 3 is 2.37 bits per heavy atom. The molecule has 0 amide bonds. The molecule has 0 bridgehead atoms. The minimum Gasteiger partial charge on any atom is -0.481 e. The zero-order valence-corrected chi connectivity index (χ0v) is 10.9. The average Bonchev–Trinajstić information content (AvgIpc) is 2.34. The van der Waals surface area contributed by atoms with Crippen LogP contribution >= 0.6 is 0 Å². The first-order valence-corrected chi connectivity index (χ1v) is 6.15. The number of benzene rings is 1. The van der Waals surface area contributed by atoms with Crippen molar-refractivity contribution in [3.05, 3.63) is 35.6 Å². The molecule has 0 saturated heterocycles. The highest BCUT2D eigenvalue weighted by molar-refractivity contribution is 5.77. The highest BCUT2D eigenvalue weighted by Gasteiger charge is 2.10. The number of aliphatic carboxylic acids is 1. The number of halogens is 1. The van der Waals surface area contributed by atoms with Crippen molar-refractivity contribution in [1.29, 1.82) is 0 Å². The zero-order chi connectivity index (χ0) is 14.3. The molecule has 1 rings (SSSR count). The number of nitrogens with zero attached hydrogens (tertiary/aromatic N) is 1. The molecular formula is C14H18FNO3. The van der Waals surface area contributed by atoms with E-state index in [0.29, 0.717) is 19.5 Å². The second-order valence-electron chi connectivity index (χ2n) is 4.50. The van der Waals surface area contributed by atoms with Crippen molar-refractivity contribution >= 4 is 11.8 Å². The van der Waals surface area contributed by atoms with Gasteiger partial charge in [0, 0.05) is 13.1 Å². The van der Waals surface area contributed by atoms with E-state index in [1.54, 1.807) is 17.0 Å². The highest BCUT2D eigenvalue weighted by atomic mass is 19.1. The summed E-state index contributed by atoms with van der Waals surface area (Å²) in [6.45, 7) is 2.65. The Kier molecular flexibility index (Phi) is 6.15. The second-order valence-corrected chi connectivity index (χ2v) is 4.50. The van der Waals surface area contributed by atoms with E-state index in [2.05, 4.69) is 0 Å². The van der Waals surface area contributed by atoms with Gasteiger partial charge in [-0.3, -0.25) is 14.5 Å². The molecule has 1 N–H and O–H groups in total. The normalized spacial score (nSPS) is 10.7. The molecule has 4 nitrogen and oxygen atoms in total. The summed E-state index contributed by atoms with van der Waals surface area (Å²) in [6.07, 6.45) is 0.671. The maximum atomic E-state index is 12.7. The van der Waals surface area contributed by atoms with Gasteiger partial charge in [0.1, 0.15) is 11.6 Å². The predicted molar refractivity (Wildman–Crippen MR) is 69.5 cm³/mol. The number of carbonyl (C=O) groups excluding carboxylic acids is 1. The second kappa shape index (κ2) is 7.63. The van der Waals surface area contributed by atoms with Gasteiger partial charge in [-0.2, -0.15) is 0 Å². The summed E-state index contributed by atoms with van der Waals surface area (Å²) >= 11 is 0. The molecule has 0 aliphatic rings. The molecule has 0 aromatic heterocycles. The summed E-state index contributed by atoms with van der Waals surface area (Å²) in [6, 6.07) is 6.17. The molecule has 1 aromatic rings. The topological polar surface area (TPSA) is 57.6 Å². The van der Waals surface area contributed by atoms with Crippen LogP contribution in [0.15, 0.2) is 24.3 Å². The summed E-state index contributed by atoms with van der Waals surface area (Å²) in [5.74, 6) is -1.16. The van der Waals surface area contributed by atoms with Crippen molar-refractivity contribution in [2.24, 2.45) is 0 Å². The fraction of sp³-hybridized carbons (Fsp3) is 0.429. The number of Topliss-reactive ketones (excluding diaryl/α,β-unsaturated/α-hetero) is 1. The van der Waals surface area contributed by atoms with Gasteiger partial charge in [0.05, 0.1) is 13.0 Å². The number of carbonyl (C=O) groups is 2. The van der Waals surface area contributed by atoms with E-state index in [-0.39, 0.29) is 24.6 Å². The molecule has 0 atom stereocenters. The van der Waals surface area contributed by atoms with Crippen LogP contribution in [0, 0.1) is 5.82 Å². The molecule has 0 fully saturated rings. The van der Waals surface area contributed by atoms with E-state index in [0.717, 1.165) is 5.56 Å². The van der Waals surface area contributed by atoms with Gasteiger partial charge in [-0.05, 0) is 31.0 Å². The Bertz CT molecular complexity index is 431. The number of ketones is 1. The molecule has 0 radical (unpaired) electrons. The minimum absolute atomic E-state index is 0.00416. The smallest absolute Gasteiger partial charge is 0.304 e. The maximum absolute atomic E-state index is 12.7. The van der Waals surface area contributed by atoms with Gasteiger partial charge in [0.15, 0.2) is 0 Å². The van der Waals surface area contributed by atoms with Crippen LogP contribution in [0.25, 0.3) is 0 Å². The third-order valence-electron chi connectivity index (χ3n) is 2.72. The van der Waals surface area contributed by atoms with Gasteiger partial charge >= 0.3 is 5.97 Å². The Labute approximate surface area is 111 Å². The van der Waals surface area contributed by atoms with Crippen LogP contribution in [0.3, 0.4) is 0 Å². The maximum Gasteiger partial charge on any atom is 0.304 e. The summed E-state index contributed by atoms with van der Waals surface area (Å²) in [5, 5.41) is 8.66. The summed E-state index contributed by atoms with van der Waals surface area (Å²) in [4.78, 5) is 23.5. The average molecular weight is 267 g/mol. The fourth-order valence-electron chi connectivity index (χ4n) is 1.78. The molecule has 0 heterocycles. The molecule has 0 aliphatic heterocycles. The summed E-state index contributed by atoms with van der Waals surface area (Å²) in [5.41, 5.74) is 0.963. The lowest BCUT2D eigenvalue weighted by Crippen LogP contribution is -2.32. The monoisotopic (exact) mass is 267 g/mol. The summed E-state index contributed by atoms with van der Waals surface area (Å²) < 4.78 is 12.7. The number of carboxylic acids is 1. The van der Waals surface area contributed by atoms with E-state index in [4.69, 9.17) is 5.11 Å². The summed E-state index contributed by atoms with van der Waals surface area (Å²) in [7, 11) is 0. The molecular weight excluding hydrogens is 249 g/mol. The molecule has 0 aliphatic carbocycles. The molecule has 19 heavy (non-hydrogen) atoms. The predicted octanol–water partition coefficient (Wildman–Crippen LogP) is 1.73. The Morgan fingerprint density at radius 1 is 1.21 bits per heavy atom. The number of hydrogen-bond donors (Lipinski definition) is 1. The largest absolute Gasteiger partial charge is 0.481 e. The quantitative estimate of drug-likeness (QED) is 0.779. The first-order chi connectivity index (χ1) is 8.97. The van der Waals surface area contributed by atoms with Crippen molar-refractivity contribution in [2.45, 2.75) is 19.8 Å².